The molecule has 3 atom stereocenters. The third-order valence-corrected chi connectivity index (χ3v) is 7.00. The molecule has 1 saturated heterocycles. The molecule has 0 saturated carbocycles. The van der Waals surface area contributed by atoms with Crippen LogP contribution in [0, 0.1) is 11.8 Å². The molecule has 0 radical (unpaired) electrons. The Kier molecular flexibility index (Phi) is 8.42. The maximum absolute atomic E-state index is 12.9. The number of fused-ring (bicyclic) bond motifs is 1. The monoisotopic (exact) mass is 542 g/mol. The molecule has 204 valence electrons. The van der Waals surface area contributed by atoms with Crippen LogP contribution in [0.3, 0.4) is 0 Å². The van der Waals surface area contributed by atoms with Crippen molar-refractivity contribution in [3.8, 4) is 5.75 Å². The minimum atomic E-state index is -1.14. The summed E-state index contributed by atoms with van der Waals surface area (Å²) >= 11 is 6.44. The summed E-state index contributed by atoms with van der Waals surface area (Å²) in [7, 11) is 5.33. The third kappa shape index (κ3) is 6.36. The molecule has 3 unspecified atom stereocenters. The summed E-state index contributed by atoms with van der Waals surface area (Å²) in [5, 5.41) is 14.0. The number of hydrogen-bond acceptors (Lipinski definition) is 8. The number of anilines is 3. The van der Waals surface area contributed by atoms with E-state index in [0.29, 0.717) is 51.8 Å². The number of benzene rings is 1. The lowest BCUT2D eigenvalue weighted by molar-refractivity contribution is -0.145. The van der Waals surface area contributed by atoms with Gasteiger partial charge < -0.3 is 29.5 Å². The molecule has 3 aromatic rings. The van der Waals surface area contributed by atoms with Crippen molar-refractivity contribution in [3.05, 3.63) is 45.8 Å². The summed E-state index contributed by atoms with van der Waals surface area (Å²) in [6, 6.07) is 7.08. The second kappa shape index (κ2) is 11.6. The first-order valence-electron chi connectivity index (χ1n) is 12.7. The molecule has 1 aromatic carbocycles. The average Bonchev–Trinajstić information content (AvgIpc) is 2.85. The fraction of sp³-hybridized carbons (Fsp3) is 0.481. The predicted molar refractivity (Wildman–Crippen MR) is 150 cm³/mol. The maximum atomic E-state index is 12.9. The summed E-state index contributed by atoms with van der Waals surface area (Å²) < 4.78 is 7.15. The molecule has 0 bridgehead atoms. The molecule has 0 aliphatic carbocycles. The number of aryl methyl sites for hydroxylation is 1. The SMILES string of the molecule is CC1CC(C)CN(c2ncc(Cl)c(Nc3ccc4c(c3)cc(OC(CCN(C)C)C(=O)O)c(=O)n4C)n2)C1. The molecule has 2 N–H and O–H groups in total. The first-order chi connectivity index (χ1) is 18.0. The predicted octanol–water partition coefficient (Wildman–Crippen LogP) is 3.99. The van der Waals surface area contributed by atoms with Gasteiger partial charge in [-0.25, -0.2) is 9.78 Å². The van der Waals surface area contributed by atoms with Crippen LogP contribution in [0.1, 0.15) is 26.7 Å². The van der Waals surface area contributed by atoms with E-state index < -0.39 is 17.6 Å². The summed E-state index contributed by atoms with van der Waals surface area (Å²) in [4.78, 5) is 37.9. The summed E-state index contributed by atoms with van der Waals surface area (Å²) in [5.41, 5.74) is 0.984. The number of aliphatic carboxylic acids is 1. The highest BCUT2D eigenvalue weighted by Crippen LogP contribution is 2.30. The zero-order valence-corrected chi connectivity index (χ0v) is 23.2. The molecule has 3 heterocycles. The van der Waals surface area contributed by atoms with Crippen molar-refractivity contribution in [2.24, 2.45) is 18.9 Å². The zero-order valence-electron chi connectivity index (χ0n) is 22.4. The van der Waals surface area contributed by atoms with Crippen LogP contribution in [0.5, 0.6) is 5.75 Å². The van der Waals surface area contributed by atoms with E-state index in [1.807, 2.05) is 37.2 Å². The highest BCUT2D eigenvalue weighted by atomic mass is 35.5. The van der Waals surface area contributed by atoms with Gasteiger partial charge in [0.15, 0.2) is 17.7 Å². The maximum Gasteiger partial charge on any atom is 0.344 e. The minimum Gasteiger partial charge on any atom is -0.479 e. The van der Waals surface area contributed by atoms with Crippen molar-refractivity contribution >= 4 is 45.9 Å². The number of carboxylic acid groups (broad SMARTS) is 1. The Morgan fingerprint density at radius 3 is 2.63 bits per heavy atom. The fourth-order valence-electron chi connectivity index (χ4n) is 4.94. The molecule has 0 spiro atoms. The van der Waals surface area contributed by atoms with Gasteiger partial charge in [-0.3, -0.25) is 4.79 Å². The number of aromatic nitrogens is 3. The summed E-state index contributed by atoms with van der Waals surface area (Å²) in [5.74, 6) is 1.10. The second-order valence-corrected chi connectivity index (χ2v) is 10.9. The van der Waals surface area contributed by atoms with E-state index in [1.165, 1.54) is 11.0 Å². The highest BCUT2D eigenvalue weighted by Gasteiger charge is 2.25. The van der Waals surface area contributed by atoms with Crippen LogP contribution in [0.2, 0.25) is 5.02 Å². The molecule has 38 heavy (non-hydrogen) atoms. The van der Waals surface area contributed by atoms with Gasteiger partial charge in [-0.1, -0.05) is 25.4 Å². The lowest BCUT2D eigenvalue weighted by atomic mass is 9.92. The first kappa shape index (κ1) is 27.7. The smallest absolute Gasteiger partial charge is 0.344 e. The van der Waals surface area contributed by atoms with E-state index in [4.69, 9.17) is 21.3 Å². The minimum absolute atomic E-state index is 0.0148. The van der Waals surface area contributed by atoms with Crippen molar-refractivity contribution in [3.63, 3.8) is 0 Å². The normalized spacial score (nSPS) is 18.6. The molecular formula is C27H35ClN6O4. The van der Waals surface area contributed by atoms with Crippen LogP contribution in [0.15, 0.2) is 35.3 Å². The molecule has 2 aromatic heterocycles. The molecular weight excluding hydrogens is 508 g/mol. The Hall–Kier alpha value is -3.37. The lowest BCUT2D eigenvalue weighted by Crippen LogP contribution is -2.39. The van der Waals surface area contributed by atoms with Gasteiger partial charge in [0.25, 0.3) is 5.56 Å². The molecule has 1 aliphatic heterocycles. The van der Waals surface area contributed by atoms with Crippen molar-refractivity contribution in [1.29, 1.82) is 0 Å². The lowest BCUT2D eigenvalue weighted by Gasteiger charge is -2.35. The zero-order chi connectivity index (χ0) is 27.6. The van der Waals surface area contributed by atoms with Crippen molar-refractivity contribution in [1.82, 2.24) is 19.4 Å². The number of ether oxygens (including phenoxy) is 1. The third-order valence-electron chi connectivity index (χ3n) is 6.72. The van der Waals surface area contributed by atoms with Crippen molar-refractivity contribution < 1.29 is 14.6 Å². The summed E-state index contributed by atoms with van der Waals surface area (Å²) in [6.45, 7) is 6.77. The van der Waals surface area contributed by atoms with Crippen molar-refractivity contribution in [2.75, 3.05) is 43.9 Å². The van der Waals surface area contributed by atoms with Crippen LogP contribution >= 0.6 is 11.6 Å². The van der Waals surface area contributed by atoms with Gasteiger partial charge >= 0.3 is 5.97 Å². The van der Waals surface area contributed by atoms with Gasteiger partial charge in [-0.05, 0) is 56.6 Å². The molecule has 1 fully saturated rings. The van der Waals surface area contributed by atoms with Crippen LogP contribution in [-0.2, 0) is 11.8 Å². The second-order valence-electron chi connectivity index (χ2n) is 10.5. The molecule has 0 amide bonds. The van der Waals surface area contributed by atoms with Gasteiger partial charge in [0.1, 0.15) is 5.02 Å². The molecule has 1 aliphatic rings. The number of pyridine rings is 1. The quantitative estimate of drug-likeness (QED) is 0.414. The van der Waals surface area contributed by atoms with Crippen LogP contribution in [0.4, 0.5) is 17.5 Å². The Bertz CT molecular complexity index is 1370. The average molecular weight is 543 g/mol. The van der Waals surface area contributed by atoms with Gasteiger partial charge in [0.05, 0.1) is 11.7 Å². The largest absolute Gasteiger partial charge is 0.479 e. The Labute approximate surface area is 227 Å². The number of carbonyl (C=O) groups is 1. The van der Waals surface area contributed by atoms with E-state index in [1.54, 1.807) is 19.3 Å². The fourth-order valence-corrected chi connectivity index (χ4v) is 5.08. The van der Waals surface area contributed by atoms with Gasteiger partial charge in [0.2, 0.25) is 5.95 Å². The van der Waals surface area contributed by atoms with E-state index in [0.717, 1.165) is 13.1 Å². The van der Waals surface area contributed by atoms with E-state index >= 15 is 0 Å². The molecule has 10 nitrogen and oxygen atoms in total. The molecule has 4 rings (SSSR count). The Balaban J connectivity index is 1.62. The van der Waals surface area contributed by atoms with Crippen LogP contribution in [-0.4, -0.2) is 70.3 Å². The topological polar surface area (TPSA) is 113 Å². The van der Waals surface area contributed by atoms with Crippen LogP contribution < -0.4 is 20.5 Å². The number of hydrogen-bond donors (Lipinski definition) is 2. The highest BCUT2D eigenvalue weighted by molar-refractivity contribution is 6.32. The Morgan fingerprint density at radius 2 is 1.97 bits per heavy atom. The van der Waals surface area contributed by atoms with Gasteiger partial charge in [-0.2, -0.15) is 4.98 Å². The van der Waals surface area contributed by atoms with E-state index in [2.05, 4.69) is 29.0 Å². The number of nitrogens with one attached hydrogen (secondary N) is 1. The van der Waals surface area contributed by atoms with Crippen LogP contribution in [0.25, 0.3) is 10.9 Å². The Morgan fingerprint density at radius 1 is 1.26 bits per heavy atom. The number of carboxylic acids is 1. The summed E-state index contributed by atoms with van der Waals surface area (Å²) in [6.07, 6.45) is 1.90. The molecule has 11 heteroatoms. The van der Waals surface area contributed by atoms with Gasteiger partial charge in [0, 0.05) is 44.2 Å². The van der Waals surface area contributed by atoms with E-state index in [-0.39, 0.29) is 12.2 Å². The van der Waals surface area contributed by atoms with Gasteiger partial charge in [-0.15, -0.1) is 0 Å². The standard InChI is InChI=1S/C27H35ClN6O4/c1-16-10-17(2)15-34(14-16)27-29-13-20(28)24(31-27)30-19-6-7-21-18(11-19)12-23(25(35)33(21)5)38-22(26(36)37)8-9-32(3)4/h6-7,11-13,16-17,22H,8-10,14-15H2,1-5H3,(H,36,37)(H,29,30,31). The number of rotatable bonds is 9. The van der Waals surface area contributed by atoms with Crippen molar-refractivity contribution in [2.45, 2.75) is 32.8 Å². The number of halogens is 1. The number of nitrogens with zero attached hydrogens (tertiary/aromatic N) is 5. The number of piperidine rings is 1. The van der Waals surface area contributed by atoms with E-state index in [9.17, 15) is 14.7 Å². The first-order valence-corrected chi connectivity index (χ1v) is 13.1.